The van der Waals surface area contributed by atoms with E-state index in [9.17, 15) is 52.7 Å². The molecule has 1 unspecified atom stereocenters. The normalized spacial score (nSPS) is 17.2. The Morgan fingerprint density at radius 3 is 1.46 bits per heavy atom. The molecule has 0 aromatic heterocycles. The lowest BCUT2D eigenvalue weighted by Crippen LogP contribution is -2.39. The molecule has 0 radical (unpaired) electrons. The second kappa shape index (κ2) is 10.8. The van der Waals surface area contributed by atoms with Crippen molar-refractivity contribution in [3.05, 3.63) is 70.1 Å². The Hall–Kier alpha value is -3.05. The van der Waals surface area contributed by atoms with Crippen molar-refractivity contribution in [2.24, 2.45) is 0 Å². The molecule has 216 valence electrons. The molecule has 0 bridgehead atoms. The van der Waals surface area contributed by atoms with Crippen molar-refractivity contribution in [1.29, 1.82) is 0 Å². The van der Waals surface area contributed by atoms with E-state index in [0.717, 1.165) is 0 Å². The van der Waals surface area contributed by atoms with E-state index in [4.69, 9.17) is 21.3 Å². The van der Waals surface area contributed by atoms with Gasteiger partial charge in [-0.3, -0.25) is 0 Å². The van der Waals surface area contributed by atoms with Crippen LogP contribution in [-0.2, 0) is 34.4 Å². The Morgan fingerprint density at radius 1 is 0.667 bits per heavy atom. The summed E-state index contributed by atoms with van der Waals surface area (Å²) in [5.74, 6) is -0.854. The zero-order valence-corrected chi connectivity index (χ0v) is 19.4. The van der Waals surface area contributed by atoms with Gasteiger partial charge in [0.2, 0.25) is 5.88 Å². The first-order valence-corrected chi connectivity index (χ1v) is 10.8. The number of hydrogen-bond donors (Lipinski definition) is 3. The molecule has 0 amide bonds. The van der Waals surface area contributed by atoms with E-state index in [1.807, 2.05) is 0 Å². The summed E-state index contributed by atoms with van der Waals surface area (Å²) in [4.78, 5) is 9.86. The molecule has 3 rings (SSSR count). The van der Waals surface area contributed by atoms with Gasteiger partial charge in [-0.05, 0) is 48.5 Å². The van der Waals surface area contributed by atoms with Crippen LogP contribution >= 0.6 is 11.6 Å². The maximum absolute atomic E-state index is 13.2. The summed E-state index contributed by atoms with van der Waals surface area (Å²) in [7, 11) is 0. The predicted molar refractivity (Wildman–Crippen MR) is 112 cm³/mol. The van der Waals surface area contributed by atoms with Crippen LogP contribution < -0.4 is 16.3 Å². The number of anilines is 2. The van der Waals surface area contributed by atoms with Gasteiger partial charge in [-0.1, -0.05) is 0 Å². The second-order valence-electron chi connectivity index (χ2n) is 7.84. The summed E-state index contributed by atoms with van der Waals surface area (Å²) < 4.78 is 158. The van der Waals surface area contributed by atoms with Gasteiger partial charge in [0, 0.05) is 22.8 Å². The number of nitrogens with one attached hydrogen (secondary N) is 3. The molecular formula is C21H14ClF12N3O2. The quantitative estimate of drug-likeness (QED) is 0.231. The van der Waals surface area contributed by atoms with Crippen LogP contribution in [0.1, 0.15) is 28.7 Å². The fourth-order valence-corrected chi connectivity index (χ4v) is 3.49. The Balaban J connectivity index is 2.04. The number of halogens is 13. The third-order valence-corrected chi connectivity index (χ3v) is 5.20. The molecule has 18 heteroatoms. The van der Waals surface area contributed by atoms with Gasteiger partial charge >= 0.3 is 24.7 Å². The minimum Gasteiger partial charge on any atom is -0.365 e. The third kappa shape index (κ3) is 7.76. The lowest BCUT2D eigenvalue weighted by molar-refractivity contribution is -0.179. The Morgan fingerprint density at radius 2 is 1.08 bits per heavy atom. The van der Waals surface area contributed by atoms with Crippen molar-refractivity contribution in [2.45, 2.75) is 37.4 Å². The van der Waals surface area contributed by atoms with Crippen molar-refractivity contribution < 1.29 is 62.4 Å². The molecule has 1 aliphatic rings. The van der Waals surface area contributed by atoms with Crippen molar-refractivity contribution in [1.82, 2.24) is 5.64 Å². The van der Waals surface area contributed by atoms with E-state index in [1.165, 1.54) is 0 Å². The first kappa shape index (κ1) is 30.5. The average molecular weight is 604 g/mol. The van der Waals surface area contributed by atoms with Gasteiger partial charge in [0.25, 0.3) is 0 Å². The van der Waals surface area contributed by atoms with Crippen LogP contribution in [0.4, 0.5) is 64.1 Å². The zero-order valence-electron chi connectivity index (χ0n) is 18.7. The molecule has 0 aliphatic carbocycles. The van der Waals surface area contributed by atoms with Crippen LogP contribution in [0.15, 0.2) is 47.9 Å². The summed E-state index contributed by atoms with van der Waals surface area (Å²) in [5, 5.41) is 4.43. The van der Waals surface area contributed by atoms with Gasteiger partial charge in [0.1, 0.15) is 0 Å². The molecule has 5 nitrogen and oxygen atoms in total. The highest BCUT2D eigenvalue weighted by Crippen LogP contribution is 2.40. The summed E-state index contributed by atoms with van der Waals surface area (Å²) in [6, 6.07) is 1.07. The highest BCUT2D eigenvalue weighted by molar-refractivity contribution is 6.18. The van der Waals surface area contributed by atoms with Crippen LogP contribution in [0.3, 0.4) is 0 Å². The van der Waals surface area contributed by atoms with Crippen molar-refractivity contribution in [3.8, 4) is 0 Å². The summed E-state index contributed by atoms with van der Waals surface area (Å²) in [6.07, 6.45) is -22.6. The molecule has 0 fully saturated rings. The van der Waals surface area contributed by atoms with Crippen LogP contribution in [-0.4, -0.2) is 12.1 Å². The maximum atomic E-state index is 13.2. The van der Waals surface area contributed by atoms with Crippen molar-refractivity contribution in [3.63, 3.8) is 0 Å². The molecule has 39 heavy (non-hydrogen) atoms. The molecule has 0 spiro atoms. The fourth-order valence-electron chi connectivity index (χ4n) is 3.29. The molecule has 2 aromatic rings. The topological polar surface area (TPSA) is 54.5 Å². The van der Waals surface area contributed by atoms with E-state index < -0.39 is 70.4 Å². The third-order valence-electron chi connectivity index (χ3n) is 5.01. The fraction of sp³-hybridized carbons (Fsp3) is 0.333. The van der Waals surface area contributed by atoms with Gasteiger partial charge in [-0.25, -0.2) is 4.84 Å². The first-order chi connectivity index (χ1) is 17.8. The van der Waals surface area contributed by atoms with Crippen molar-refractivity contribution in [2.75, 3.05) is 16.5 Å². The Labute approximate surface area is 215 Å². The van der Waals surface area contributed by atoms with Crippen LogP contribution in [0.2, 0.25) is 0 Å². The van der Waals surface area contributed by atoms with E-state index >= 15 is 0 Å². The molecule has 3 N–H and O–H groups in total. The lowest BCUT2D eigenvalue weighted by atomic mass is 10.1. The smallest absolute Gasteiger partial charge is 0.365 e. The zero-order chi connectivity index (χ0) is 29.4. The Bertz CT molecular complexity index is 1160. The number of rotatable bonds is 6. The van der Waals surface area contributed by atoms with Gasteiger partial charge in [-0.15, -0.1) is 11.6 Å². The van der Waals surface area contributed by atoms with E-state index in [2.05, 4.69) is 10.6 Å². The van der Waals surface area contributed by atoms with Gasteiger partial charge < -0.3 is 15.5 Å². The lowest BCUT2D eigenvalue weighted by Gasteiger charge is -2.30. The molecule has 0 saturated carbocycles. The molecule has 1 heterocycles. The number of hydrogen-bond acceptors (Lipinski definition) is 5. The summed E-state index contributed by atoms with van der Waals surface area (Å²) >= 11 is 5.70. The second-order valence-corrected chi connectivity index (χ2v) is 8.21. The van der Waals surface area contributed by atoms with E-state index in [0.29, 0.717) is 24.3 Å². The highest BCUT2D eigenvalue weighted by Gasteiger charge is 2.39. The Kier molecular flexibility index (Phi) is 8.48. The maximum Gasteiger partial charge on any atom is 0.416 e. The monoisotopic (exact) mass is 603 g/mol. The molecular weight excluding hydrogens is 590 g/mol. The molecule has 1 atom stereocenters. The van der Waals surface area contributed by atoms with E-state index in [1.54, 1.807) is 5.64 Å². The summed E-state index contributed by atoms with van der Waals surface area (Å²) in [6.45, 7) is 0. The molecule has 0 saturated heterocycles. The largest absolute Gasteiger partial charge is 0.416 e. The van der Waals surface area contributed by atoms with Gasteiger partial charge in [-0.2, -0.15) is 52.7 Å². The SMILES string of the molecule is FC(F)(F)c1cc(NC2=C(CCCl)C(Nc3cc(C(F)(F)F)cc(C(F)(F)F)c3)ONO2)cc(C(F)(F)F)c1. The minimum absolute atomic E-state index is 0.122. The number of benzene rings is 2. The van der Waals surface area contributed by atoms with Crippen molar-refractivity contribution >= 4 is 23.0 Å². The van der Waals surface area contributed by atoms with Gasteiger partial charge in [0.15, 0.2) is 6.23 Å². The van der Waals surface area contributed by atoms with Gasteiger partial charge in [0.05, 0.1) is 22.3 Å². The summed E-state index contributed by atoms with van der Waals surface area (Å²) in [5.41, 5.74) is -6.60. The average Bonchev–Trinajstić information content (AvgIpc) is 2.78. The number of alkyl halides is 13. The molecule has 2 aromatic carbocycles. The van der Waals surface area contributed by atoms with Crippen LogP contribution in [0.25, 0.3) is 0 Å². The highest BCUT2D eigenvalue weighted by atomic mass is 35.5. The standard InChI is InChI=1S/C21H14ClF12N3O2/c22-2-1-15-16(35-13-5-9(18(23,24)25)3-10(6-13)19(26,27)28)38-37-39-17(15)36-14-7-11(20(29,30)31)4-12(8-14)21(32,33)34/h3-8,16,35-37H,1-2H2. The predicted octanol–water partition coefficient (Wildman–Crippen LogP) is 7.92. The van der Waals surface area contributed by atoms with E-state index in [-0.39, 0.29) is 30.0 Å². The van der Waals surface area contributed by atoms with Crippen LogP contribution in [0, 0.1) is 0 Å². The molecule has 1 aliphatic heterocycles. The minimum atomic E-state index is -5.18. The van der Waals surface area contributed by atoms with Crippen LogP contribution in [0.5, 0.6) is 0 Å². The first-order valence-electron chi connectivity index (χ1n) is 10.3.